The zero-order chi connectivity index (χ0) is 12.2. The number of nitrogens with one attached hydrogen (secondary N) is 1. The van der Waals surface area contributed by atoms with Crippen LogP contribution in [-0.2, 0) is 6.54 Å². The number of rotatable bonds is 5. The van der Waals surface area contributed by atoms with Crippen LogP contribution >= 0.6 is 15.9 Å². The number of hydrogen-bond donors (Lipinski definition) is 2. The highest BCUT2D eigenvalue weighted by molar-refractivity contribution is 9.10. The molecule has 0 radical (unpaired) electrons. The van der Waals surface area contributed by atoms with Gasteiger partial charge in [0.1, 0.15) is 5.82 Å². The van der Waals surface area contributed by atoms with Gasteiger partial charge in [0.25, 0.3) is 0 Å². The lowest BCUT2D eigenvalue weighted by molar-refractivity contribution is 0.156. The van der Waals surface area contributed by atoms with Crippen LogP contribution in [0.3, 0.4) is 0 Å². The van der Waals surface area contributed by atoms with Gasteiger partial charge >= 0.3 is 0 Å². The molecular weight excluding hydrogens is 273 g/mol. The van der Waals surface area contributed by atoms with Gasteiger partial charge in [-0.2, -0.15) is 0 Å². The highest BCUT2D eigenvalue weighted by Crippen LogP contribution is 2.16. The maximum absolute atomic E-state index is 13.4. The summed E-state index contributed by atoms with van der Waals surface area (Å²) in [7, 11) is 0. The number of aliphatic hydroxyl groups excluding tert-OH is 1. The van der Waals surface area contributed by atoms with Crippen LogP contribution in [-0.4, -0.2) is 18.3 Å². The Bertz CT molecular complexity index is 355. The van der Waals surface area contributed by atoms with Crippen molar-refractivity contribution in [2.75, 3.05) is 13.2 Å². The van der Waals surface area contributed by atoms with Gasteiger partial charge < -0.3 is 10.4 Å². The molecule has 2 nitrogen and oxygen atoms in total. The van der Waals surface area contributed by atoms with Crippen molar-refractivity contribution in [2.45, 2.75) is 20.4 Å². The van der Waals surface area contributed by atoms with Crippen LogP contribution in [0.4, 0.5) is 4.39 Å². The predicted octanol–water partition coefficient (Wildman–Crippen LogP) is 2.70. The number of halogens is 2. The Morgan fingerprint density at radius 1 is 1.44 bits per heavy atom. The Morgan fingerprint density at radius 2 is 2.12 bits per heavy atom. The summed E-state index contributed by atoms with van der Waals surface area (Å²) < 4.78 is 14.2. The molecule has 0 aliphatic rings. The molecule has 1 rings (SSSR count). The highest BCUT2D eigenvalue weighted by atomic mass is 79.9. The second kappa shape index (κ2) is 5.75. The third-order valence-corrected chi connectivity index (χ3v) is 2.86. The summed E-state index contributed by atoms with van der Waals surface area (Å²) in [6.07, 6.45) is 0. The van der Waals surface area contributed by atoms with Crippen LogP contribution in [0.15, 0.2) is 22.7 Å². The van der Waals surface area contributed by atoms with E-state index in [0.29, 0.717) is 18.7 Å². The summed E-state index contributed by atoms with van der Waals surface area (Å²) in [6.45, 7) is 5.15. The summed E-state index contributed by atoms with van der Waals surface area (Å²) in [5, 5.41) is 12.2. The van der Waals surface area contributed by atoms with E-state index in [1.54, 1.807) is 6.07 Å². The fourth-order valence-corrected chi connectivity index (χ4v) is 1.59. The summed E-state index contributed by atoms with van der Waals surface area (Å²) in [4.78, 5) is 0. The predicted molar refractivity (Wildman–Crippen MR) is 66.7 cm³/mol. The fourth-order valence-electron chi connectivity index (χ4n) is 1.26. The van der Waals surface area contributed by atoms with Crippen LogP contribution in [0.25, 0.3) is 0 Å². The number of benzene rings is 1. The molecule has 0 bridgehead atoms. The van der Waals surface area contributed by atoms with E-state index in [1.165, 1.54) is 6.07 Å². The molecule has 0 saturated heterocycles. The summed E-state index contributed by atoms with van der Waals surface area (Å²) >= 11 is 3.21. The van der Waals surface area contributed by atoms with Gasteiger partial charge in [0.2, 0.25) is 0 Å². The topological polar surface area (TPSA) is 32.3 Å². The molecule has 2 N–H and O–H groups in total. The van der Waals surface area contributed by atoms with E-state index in [0.717, 1.165) is 4.47 Å². The van der Waals surface area contributed by atoms with Crippen LogP contribution in [0.1, 0.15) is 19.4 Å². The molecule has 0 aliphatic carbocycles. The van der Waals surface area contributed by atoms with Gasteiger partial charge in [0.15, 0.2) is 0 Å². The van der Waals surface area contributed by atoms with Crippen LogP contribution < -0.4 is 5.32 Å². The smallest absolute Gasteiger partial charge is 0.128 e. The average molecular weight is 290 g/mol. The molecule has 0 fully saturated rings. The van der Waals surface area contributed by atoms with E-state index >= 15 is 0 Å². The van der Waals surface area contributed by atoms with Crippen molar-refractivity contribution in [3.8, 4) is 0 Å². The van der Waals surface area contributed by atoms with Gasteiger partial charge in [0.05, 0.1) is 0 Å². The molecule has 0 spiro atoms. The second-order valence-corrected chi connectivity index (χ2v) is 5.58. The van der Waals surface area contributed by atoms with Gasteiger partial charge in [0, 0.05) is 35.1 Å². The Balaban J connectivity index is 2.49. The van der Waals surface area contributed by atoms with E-state index in [9.17, 15) is 4.39 Å². The van der Waals surface area contributed by atoms with E-state index in [4.69, 9.17) is 5.11 Å². The Hall–Kier alpha value is -0.450. The first-order valence-electron chi connectivity index (χ1n) is 5.20. The van der Waals surface area contributed by atoms with Gasteiger partial charge in [-0.1, -0.05) is 35.8 Å². The fraction of sp³-hybridized carbons (Fsp3) is 0.500. The summed E-state index contributed by atoms with van der Waals surface area (Å²) in [5.41, 5.74) is 0.461. The molecule has 4 heteroatoms. The average Bonchev–Trinajstić information content (AvgIpc) is 2.21. The molecule has 0 amide bonds. The first-order chi connectivity index (χ1) is 7.44. The molecule has 0 aliphatic heterocycles. The van der Waals surface area contributed by atoms with Crippen molar-refractivity contribution >= 4 is 15.9 Å². The Kier molecular flexibility index (Phi) is 4.89. The molecule has 90 valence electrons. The van der Waals surface area contributed by atoms with Crippen molar-refractivity contribution in [1.82, 2.24) is 5.32 Å². The monoisotopic (exact) mass is 289 g/mol. The van der Waals surface area contributed by atoms with E-state index in [2.05, 4.69) is 21.2 Å². The quantitative estimate of drug-likeness (QED) is 0.874. The molecule has 16 heavy (non-hydrogen) atoms. The largest absolute Gasteiger partial charge is 0.396 e. The van der Waals surface area contributed by atoms with Crippen molar-refractivity contribution < 1.29 is 9.50 Å². The zero-order valence-electron chi connectivity index (χ0n) is 9.56. The minimum atomic E-state index is -0.219. The van der Waals surface area contributed by atoms with Gasteiger partial charge in [-0.05, 0) is 12.1 Å². The summed E-state index contributed by atoms with van der Waals surface area (Å²) in [5.74, 6) is -0.219. The van der Waals surface area contributed by atoms with Crippen molar-refractivity contribution in [3.63, 3.8) is 0 Å². The Morgan fingerprint density at radius 3 is 2.69 bits per heavy atom. The van der Waals surface area contributed by atoms with Gasteiger partial charge in [-0.3, -0.25) is 0 Å². The Labute approximate surface area is 104 Å². The van der Waals surface area contributed by atoms with Crippen LogP contribution in [0.2, 0.25) is 0 Å². The number of hydrogen-bond acceptors (Lipinski definition) is 2. The summed E-state index contributed by atoms with van der Waals surface area (Å²) in [6, 6.07) is 5.02. The molecule has 1 aromatic rings. The molecule has 0 heterocycles. The van der Waals surface area contributed by atoms with Gasteiger partial charge in [-0.25, -0.2) is 4.39 Å². The first-order valence-corrected chi connectivity index (χ1v) is 5.99. The molecule has 1 aromatic carbocycles. The third-order valence-electron chi connectivity index (χ3n) is 2.36. The lowest BCUT2D eigenvalue weighted by Crippen LogP contribution is -2.32. The standard InChI is InChI=1S/C12H17BrFNO/c1-12(2,8-16)7-15-6-9-3-4-10(13)5-11(9)14/h3-5,15-16H,6-8H2,1-2H3. The molecule has 0 saturated carbocycles. The molecule has 0 atom stereocenters. The highest BCUT2D eigenvalue weighted by Gasteiger charge is 2.15. The number of aliphatic hydroxyl groups is 1. The maximum Gasteiger partial charge on any atom is 0.128 e. The SMILES string of the molecule is CC(C)(CO)CNCc1ccc(Br)cc1F. The molecular formula is C12H17BrFNO. The first kappa shape index (κ1) is 13.6. The van der Waals surface area contributed by atoms with Crippen LogP contribution in [0.5, 0.6) is 0 Å². The molecule has 0 aromatic heterocycles. The lowest BCUT2D eigenvalue weighted by Gasteiger charge is -2.22. The van der Waals surface area contributed by atoms with Crippen molar-refractivity contribution in [1.29, 1.82) is 0 Å². The van der Waals surface area contributed by atoms with E-state index < -0.39 is 0 Å². The minimum absolute atomic E-state index is 0.114. The third kappa shape index (κ3) is 4.20. The van der Waals surface area contributed by atoms with Crippen LogP contribution in [0, 0.1) is 11.2 Å². The zero-order valence-corrected chi connectivity index (χ0v) is 11.1. The minimum Gasteiger partial charge on any atom is -0.396 e. The lowest BCUT2D eigenvalue weighted by atomic mass is 9.95. The van der Waals surface area contributed by atoms with Crippen molar-refractivity contribution in [2.24, 2.45) is 5.41 Å². The van der Waals surface area contributed by atoms with Gasteiger partial charge in [-0.15, -0.1) is 0 Å². The maximum atomic E-state index is 13.4. The van der Waals surface area contributed by atoms with E-state index in [-0.39, 0.29) is 17.8 Å². The normalized spacial score (nSPS) is 11.8. The second-order valence-electron chi connectivity index (χ2n) is 4.66. The van der Waals surface area contributed by atoms with E-state index in [1.807, 2.05) is 19.9 Å². The van der Waals surface area contributed by atoms with Crippen molar-refractivity contribution in [3.05, 3.63) is 34.1 Å². The molecule has 0 unspecified atom stereocenters.